The molecule has 0 aliphatic carbocycles. The van der Waals surface area contributed by atoms with Crippen LogP contribution in [0.2, 0.25) is 31.5 Å². The third-order valence-electron chi connectivity index (χ3n) is 9.23. The van der Waals surface area contributed by atoms with Gasteiger partial charge in [0.25, 0.3) is 0 Å². The summed E-state index contributed by atoms with van der Waals surface area (Å²) in [5.74, 6) is 7.75. The van der Waals surface area contributed by atoms with Crippen LogP contribution in [0.4, 0.5) is 0 Å². The first-order chi connectivity index (χ1) is 18.5. The zero-order chi connectivity index (χ0) is 26.9. The van der Waals surface area contributed by atoms with Crippen LogP contribution in [-0.2, 0) is 0 Å². The first-order valence-electron chi connectivity index (χ1n) is 14.3. The topological polar surface area (TPSA) is 0 Å². The zero-order valence-corrected chi connectivity index (χ0v) is 29.5. The van der Waals surface area contributed by atoms with Gasteiger partial charge in [0, 0.05) is 0 Å². The van der Waals surface area contributed by atoms with Gasteiger partial charge < -0.3 is 0 Å². The minimum absolute atomic E-state index is 1.23. The van der Waals surface area contributed by atoms with E-state index in [9.17, 15) is 0 Å². The number of rotatable bonds is 6. The van der Waals surface area contributed by atoms with E-state index in [-0.39, 0.29) is 0 Å². The van der Waals surface area contributed by atoms with Crippen LogP contribution in [0.25, 0.3) is 41.7 Å². The first kappa shape index (κ1) is 27.9. The standard InChI is InChI=1S/C34H38Ge2S2/c1-7-35(8-2,9-3)17-13-27-29-21-25-15-19-38-34(25)24-32(29)28(14-18-36(10-4,11-5)12-6)30-22-26-16-20-37-33(26)23-31(27)30/h15-16,19-24H,7-12H2,1-6H3. The quantitative estimate of drug-likeness (QED) is 0.0970. The maximum absolute atomic E-state index is 3.99. The van der Waals surface area contributed by atoms with Gasteiger partial charge in [-0.25, -0.2) is 0 Å². The Kier molecular flexibility index (Phi) is 8.38. The number of hydrogen-bond acceptors (Lipinski definition) is 2. The fourth-order valence-corrected chi connectivity index (χ4v) is 17.6. The third-order valence-corrected chi connectivity index (χ3v) is 30.8. The number of thiophene rings is 2. The van der Waals surface area contributed by atoms with E-state index in [0.29, 0.717) is 0 Å². The van der Waals surface area contributed by atoms with Gasteiger partial charge in [0.05, 0.1) is 0 Å². The molecule has 2 heterocycles. The van der Waals surface area contributed by atoms with Crippen LogP contribution in [0.1, 0.15) is 52.7 Å². The predicted octanol–water partition coefficient (Wildman–Crippen LogP) is 11.2. The second-order valence-electron chi connectivity index (χ2n) is 10.6. The Balaban J connectivity index is 1.96. The molecule has 0 aliphatic rings. The average molecular weight is 656 g/mol. The summed E-state index contributed by atoms with van der Waals surface area (Å²) in [6.45, 7) is 14.2. The van der Waals surface area contributed by atoms with E-state index >= 15 is 0 Å². The van der Waals surface area contributed by atoms with Crippen molar-refractivity contribution >= 4 is 90.9 Å². The maximum atomic E-state index is 3.99. The molecule has 5 aromatic rings. The predicted molar refractivity (Wildman–Crippen MR) is 180 cm³/mol. The van der Waals surface area contributed by atoms with Gasteiger partial charge >= 0.3 is 244 Å². The van der Waals surface area contributed by atoms with E-state index in [0.717, 1.165) is 0 Å². The molecule has 4 heteroatoms. The summed E-state index contributed by atoms with van der Waals surface area (Å²) in [6, 6.07) is 14.1. The molecular formula is C34H38Ge2S2. The van der Waals surface area contributed by atoms with E-state index in [1.165, 1.54) is 84.4 Å². The molecule has 0 saturated carbocycles. The van der Waals surface area contributed by atoms with Crippen LogP contribution in [0.5, 0.6) is 0 Å². The summed E-state index contributed by atoms with van der Waals surface area (Å²) < 4.78 is 10.7. The Labute approximate surface area is 241 Å². The van der Waals surface area contributed by atoms with E-state index in [1.54, 1.807) is 0 Å². The van der Waals surface area contributed by atoms with E-state index in [4.69, 9.17) is 0 Å². The Morgan fingerprint density at radius 2 is 0.868 bits per heavy atom. The van der Waals surface area contributed by atoms with Crippen molar-refractivity contribution < 1.29 is 0 Å². The zero-order valence-electron chi connectivity index (χ0n) is 23.7. The van der Waals surface area contributed by atoms with Gasteiger partial charge in [-0.1, -0.05) is 0 Å². The molecule has 0 amide bonds. The first-order valence-corrected chi connectivity index (χ1v) is 27.1. The van der Waals surface area contributed by atoms with E-state index in [2.05, 4.69) is 110 Å². The summed E-state index contributed by atoms with van der Waals surface area (Å²) in [7, 11) is 0. The van der Waals surface area contributed by atoms with Gasteiger partial charge in [0.15, 0.2) is 0 Å². The SMILES string of the molecule is C[CH2][Ge]([C]#Cc1c2cc3ccsc3cc2c(C#[C][Ge]([CH2]C)([CH2]C)[CH2]C)c2cc3ccsc3cc12)([CH2]C)[CH2]C. The minimum atomic E-state index is -2.18. The molecule has 0 N–H and O–H groups in total. The van der Waals surface area contributed by atoms with Crippen LogP contribution >= 0.6 is 22.7 Å². The van der Waals surface area contributed by atoms with Gasteiger partial charge in [-0.05, 0) is 0 Å². The molecule has 0 aliphatic heterocycles. The van der Waals surface area contributed by atoms with Crippen molar-refractivity contribution in [1.82, 2.24) is 0 Å². The summed E-state index contributed by atoms with van der Waals surface area (Å²) in [5.41, 5.74) is 2.45. The van der Waals surface area contributed by atoms with Gasteiger partial charge in [-0.15, -0.1) is 0 Å². The summed E-state index contributed by atoms with van der Waals surface area (Å²) >= 11 is -0.708. The molecule has 0 radical (unpaired) electrons. The van der Waals surface area contributed by atoms with Gasteiger partial charge in [0.2, 0.25) is 0 Å². The Bertz CT molecular complexity index is 1520. The molecule has 0 atom stereocenters. The second kappa shape index (κ2) is 11.4. The molecule has 0 fully saturated rings. The van der Waals surface area contributed by atoms with Gasteiger partial charge in [-0.2, -0.15) is 0 Å². The molecule has 0 nitrogen and oxygen atoms in total. The van der Waals surface area contributed by atoms with Crippen molar-refractivity contribution in [3.05, 3.63) is 58.3 Å². The van der Waals surface area contributed by atoms with Crippen molar-refractivity contribution in [3.8, 4) is 21.3 Å². The van der Waals surface area contributed by atoms with Gasteiger partial charge in [0.1, 0.15) is 0 Å². The van der Waals surface area contributed by atoms with Crippen molar-refractivity contribution in [2.24, 2.45) is 0 Å². The van der Waals surface area contributed by atoms with Crippen molar-refractivity contribution in [1.29, 1.82) is 0 Å². The molecule has 194 valence electrons. The summed E-state index contributed by atoms with van der Waals surface area (Å²) in [5, 5.41) is 19.8. The van der Waals surface area contributed by atoms with Crippen molar-refractivity contribution in [2.75, 3.05) is 0 Å². The van der Waals surface area contributed by atoms with E-state index < -0.39 is 26.5 Å². The molecule has 2 aromatic heterocycles. The Hall–Kier alpha value is -1.69. The van der Waals surface area contributed by atoms with Crippen LogP contribution in [-0.4, -0.2) is 26.5 Å². The summed E-state index contributed by atoms with van der Waals surface area (Å²) in [6.07, 6.45) is 0. The Morgan fingerprint density at radius 3 is 1.21 bits per heavy atom. The molecule has 0 spiro atoms. The molecule has 38 heavy (non-hydrogen) atoms. The molecule has 3 aromatic carbocycles. The molecular weight excluding hydrogens is 618 g/mol. The normalized spacial score (nSPS) is 12.2. The monoisotopic (exact) mass is 658 g/mol. The molecule has 5 rings (SSSR count). The van der Waals surface area contributed by atoms with E-state index in [1.807, 2.05) is 22.7 Å². The average Bonchev–Trinajstić information content (AvgIpc) is 3.62. The van der Waals surface area contributed by atoms with Crippen LogP contribution < -0.4 is 0 Å². The molecule has 0 saturated heterocycles. The molecule has 0 unspecified atom stereocenters. The third kappa shape index (κ3) is 4.88. The van der Waals surface area contributed by atoms with Crippen LogP contribution in [0, 0.1) is 21.3 Å². The number of benzene rings is 3. The fourth-order valence-electron chi connectivity index (χ4n) is 5.83. The fraction of sp³-hybridized carbons (Fsp3) is 0.353. The number of hydrogen-bond donors (Lipinski definition) is 0. The number of fused-ring (bicyclic) bond motifs is 4. The van der Waals surface area contributed by atoms with Crippen molar-refractivity contribution in [3.63, 3.8) is 0 Å². The second-order valence-corrected chi connectivity index (χ2v) is 33.2. The molecule has 0 bridgehead atoms. The Morgan fingerprint density at radius 1 is 0.526 bits per heavy atom. The van der Waals surface area contributed by atoms with Gasteiger partial charge in [-0.3, -0.25) is 0 Å². The van der Waals surface area contributed by atoms with Crippen LogP contribution in [0.3, 0.4) is 0 Å². The van der Waals surface area contributed by atoms with Crippen molar-refractivity contribution in [2.45, 2.75) is 73.1 Å². The summed E-state index contributed by atoms with van der Waals surface area (Å²) in [4.78, 5) is 0. The van der Waals surface area contributed by atoms with Crippen LogP contribution in [0.15, 0.2) is 47.2 Å².